The van der Waals surface area contributed by atoms with Gasteiger partial charge in [-0.25, -0.2) is 9.18 Å². The fourth-order valence-corrected chi connectivity index (χ4v) is 1.59. The lowest BCUT2D eigenvalue weighted by atomic mass is 10.1. The zero-order valence-corrected chi connectivity index (χ0v) is 8.37. The molecule has 0 saturated carbocycles. The molecule has 0 atom stereocenters. The molecule has 82 valence electrons. The number of carbonyl (C=O) groups is 1. The summed E-state index contributed by atoms with van der Waals surface area (Å²) < 4.78 is 13.5. The van der Waals surface area contributed by atoms with Gasteiger partial charge in [0.2, 0.25) is 5.43 Å². The van der Waals surface area contributed by atoms with E-state index in [0.29, 0.717) is 11.1 Å². The Morgan fingerprint density at radius 1 is 1.44 bits per heavy atom. The molecule has 1 aromatic heterocycles. The Kier molecular flexibility index (Phi) is 2.23. The minimum Gasteiger partial charge on any atom is -0.477 e. The molecular formula is C11H8FNO3. The first-order valence-corrected chi connectivity index (χ1v) is 4.56. The molecular weight excluding hydrogens is 213 g/mol. The van der Waals surface area contributed by atoms with Gasteiger partial charge in [-0.1, -0.05) is 6.07 Å². The lowest BCUT2D eigenvalue weighted by Gasteiger charge is -2.03. The summed E-state index contributed by atoms with van der Waals surface area (Å²) in [7, 11) is 0. The van der Waals surface area contributed by atoms with Crippen molar-refractivity contribution in [3.05, 3.63) is 45.5 Å². The van der Waals surface area contributed by atoms with Crippen LogP contribution in [0.2, 0.25) is 0 Å². The van der Waals surface area contributed by atoms with Crippen LogP contribution in [0, 0.1) is 12.7 Å². The Balaban J connectivity index is 3.00. The normalized spacial score (nSPS) is 10.6. The molecule has 0 aliphatic carbocycles. The number of hydrogen-bond donors (Lipinski definition) is 2. The van der Waals surface area contributed by atoms with Crippen LogP contribution in [0.4, 0.5) is 4.39 Å². The van der Waals surface area contributed by atoms with E-state index >= 15 is 0 Å². The highest BCUT2D eigenvalue weighted by Crippen LogP contribution is 2.16. The number of carboxylic acid groups (broad SMARTS) is 1. The molecule has 16 heavy (non-hydrogen) atoms. The maximum Gasteiger partial charge on any atom is 0.341 e. The summed E-state index contributed by atoms with van der Waals surface area (Å²) in [5.41, 5.74) is -0.250. The van der Waals surface area contributed by atoms with Crippen LogP contribution in [-0.2, 0) is 0 Å². The number of nitrogens with one attached hydrogen (secondary N) is 1. The summed E-state index contributed by atoms with van der Waals surface area (Å²) in [6.07, 6.45) is 1.08. The number of fused-ring (bicyclic) bond motifs is 1. The summed E-state index contributed by atoms with van der Waals surface area (Å²) in [4.78, 5) is 25.1. The molecule has 0 aliphatic rings. The van der Waals surface area contributed by atoms with Crippen LogP contribution < -0.4 is 5.43 Å². The molecule has 0 aliphatic heterocycles. The molecule has 1 heterocycles. The number of hydrogen-bond acceptors (Lipinski definition) is 2. The van der Waals surface area contributed by atoms with Crippen LogP contribution in [-0.4, -0.2) is 16.1 Å². The molecule has 1 aromatic carbocycles. The van der Waals surface area contributed by atoms with E-state index in [1.165, 1.54) is 6.07 Å². The first-order chi connectivity index (χ1) is 7.52. The number of H-pyrrole nitrogens is 1. The van der Waals surface area contributed by atoms with Crippen molar-refractivity contribution < 1.29 is 14.3 Å². The van der Waals surface area contributed by atoms with E-state index in [4.69, 9.17) is 5.11 Å². The van der Waals surface area contributed by atoms with Crippen LogP contribution in [0.5, 0.6) is 0 Å². The minimum atomic E-state index is -1.37. The minimum absolute atomic E-state index is 0.208. The summed E-state index contributed by atoms with van der Waals surface area (Å²) in [5.74, 6) is -2.09. The molecule has 0 unspecified atom stereocenters. The fraction of sp³-hybridized carbons (Fsp3) is 0.0909. The van der Waals surface area contributed by atoms with Gasteiger partial charge in [0, 0.05) is 6.20 Å². The number of carboxylic acids is 1. The van der Waals surface area contributed by atoms with E-state index < -0.39 is 22.8 Å². The maximum absolute atomic E-state index is 13.5. The molecule has 0 spiro atoms. The van der Waals surface area contributed by atoms with Crippen molar-refractivity contribution in [3.63, 3.8) is 0 Å². The van der Waals surface area contributed by atoms with Crippen molar-refractivity contribution >= 4 is 16.9 Å². The average molecular weight is 221 g/mol. The van der Waals surface area contributed by atoms with Crippen LogP contribution in [0.1, 0.15) is 15.9 Å². The Morgan fingerprint density at radius 2 is 2.12 bits per heavy atom. The zero-order chi connectivity index (χ0) is 11.9. The van der Waals surface area contributed by atoms with Crippen molar-refractivity contribution in [3.8, 4) is 0 Å². The summed E-state index contributed by atoms with van der Waals surface area (Å²) in [6.45, 7) is 1.71. The van der Waals surface area contributed by atoms with E-state index in [2.05, 4.69) is 4.98 Å². The Bertz CT molecular complexity index is 645. The van der Waals surface area contributed by atoms with Gasteiger partial charge in [0.05, 0.1) is 10.9 Å². The number of aromatic amines is 1. The monoisotopic (exact) mass is 221 g/mol. The average Bonchev–Trinajstić information content (AvgIpc) is 2.23. The van der Waals surface area contributed by atoms with Crippen LogP contribution in [0.25, 0.3) is 10.9 Å². The van der Waals surface area contributed by atoms with Crippen molar-refractivity contribution in [1.82, 2.24) is 4.98 Å². The smallest absolute Gasteiger partial charge is 0.341 e. The lowest BCUT2D eigenvalue weighted by molar-refractivity contribution is 0.0695. The maximum atomic E-state index is 13.5. The van der Waals surface area contributed by atoms with Gasteiger partial charge in [0.1, 0.15) is 11.4 Å². The summed E-state index contributed by atoms with van der Waals surface area (Å²) in [5, 5.41) is 8.53. The van der Waals surface area contributed by atoms with Crippen LogP contribution in [0.3, 0.4) is 0 Å². The molecule has 2 rings (SSSR count). The van der Waals surface area contributed by atoms with E-state index in [0.717, 1.165) is 12.3 Å². The number of benzene rings is 1. The zero-order valence-electron chi connectivity index (χ0n) is 8.37. The van der Waals surface area contributed by atoms with Gasteiger partial charge in [0.25, 0.3) is 0 Å². The van der Waals surface area contributed by atoms with E-state index in [9.17, 15) is 14.0 Å². The first kappa shape index (κ1) is 10.4. The number of pyridine rings is 1. The molecule has 0 radical (unpaired) electrons. The first-order valence-electron chi connectivity index (χ1n) is 4.56. The Hall–Kier alpha value is -2.17. The number of aryl methyl sites for hydroxylation is 1. The van der Waals surface area contributed by atoms with Crippen molar-refractivity contribution in [2.24, 2.45) is 0 Å². The Labute approximate surface area is 89.3 Å². The quantitative estimate of drug-likeness (QED) is 0.769. The van der Waals surface area contributed by atoms with E-state index in [1.807, 2.05) is 0 Å². The number of halogens is 1. The largest absolute Gasteiger partial charge is 0.477 e. The second-order valence-corrected chi connectivity index (χ2v) is 3.45. The van der Waals surface area contributed by atoms with Gasteiger partial charge in [-0.2, -0.15) is 0 Å². The van der Waals surface area contributed by atoms with Gasteiger partial charge in [-0.15, -0.1) is 0 Å². The number of aromatic carboxylic acids is 1. The standard InChI is InChI=1S/C11H8FNO3/c1-5-2-3-7(12)8-9(5)13-4-6(10(8)14)11(15)16/h2-4H,1H3,(H,13,14)(H,15,16). The number of rotatable bonds is 1. The van der Waals surface area contributed by atoms with Gasteiger partial charge < -0.3 is 10.1 Å². The third kappa shape index (κ3) is 1.37. The van der Waals surface area contributed by atoms with Crippen molar-refractivity contribution in [2.45, 2.75) is 6.92 Å². The van der Waals surface area contributed by atoms with Gasteiger partial charge in [-0.05, 0) is 18.6 Å². The van der Waals surface area contributed by atoms with E-state index in [1.54, 1.807) is 6.92 Å². The summed E-state index contributed by atoms with van der Waals surface area (Å²) >= 11 is 0. The Morgan fingerprint density at radius 3 is 2.75 bits per heavy atom. The van der Waals surface area contributed by atoms with Crippen LogP contribution >= 0.6 is 0 Å². The van der Waals surface area contributed by atoms with Gasteiger partial charge in [-0.3, -0.25) is 4.79 Å². The summed E-state index contributed by atoms with van der Waals surface area (Å²) in [6, 6.07) is 2.67. The highest BCUT2D eigenvalue weighted by molar-refractivity contribution is 5.93. The van der Waals surface area contributed by atoms with Gasteiger partial charge >= 0.3 is 5.97 Å². The molecule has 2 aromatic rings. The lowest BCUT2D eigenvalue weighted by Crippen LogP contribution is -2.16. The molecule has 0 bridgehead atoms. The second kappa shape index (κ2) is 3.44. The second-order valence-electron chi connectivity index (χ2n) is 3.45. The van der Waals surface area contributed by atoms with Crippen molar-refractivity contribution in [2.75, 3.05) is 0 Å². The topological polar surface area (TPSA) is 70.2 Å². The molecule has 0 fully saturated rings. The third-order valence-electron chi connectivity index (χ3n) is 2.43. The van der Waals surface area contributed by atoms with Crippen LogP contribution in [0.15, 0.2) is 23.1 Å². The number of aromatic nitrogens is 1. The highest BCUT2D eigenvalue weighted by Gasteiger charge is 2.15. The van der Waals surface area contributed by atoms with Crippen molar-refractivity contribution in [1.29, 1.82) is 0 Å². The highest BCUT2D eigenvalue weighted by atomic mass is 19.1. The third-order valence-corrected chi connectivity index (χ3v) is 2.43. The SMILES string of the molecule is Cc1ccc(F)c2c(=O)c(C(=O)O)c[nH]c12. The predicted octanol–water partition coefficient (Wildman–Crippen LogP) is 1.67. The van der Waals surface area contributed by atoms with Gasteiger partial charge in [0.15, 0.2) is 0 Å². The van der Waals surface area contributed by atoms with E-state index in [-0.39, 0.29) is 5.39 Å². The molecule has 5 heteroatoms. The predicted molar refractivity (Wildman–Crippen MR) is 56.2 cm³/mol. The fourth-order valence-electron chi connectivity index (χ4n) is 1.59. The molecule has 0 amide bonds. The molecule has 2 N–H and O–H groups in total. The molecule has 4 nitrogen and oxygen atoms in total. The molecule has 0 saturated heterocycles.